The maximum atomic E-state index is 6.11. The van der Waals surface area contributed by atoms with Crippen molar-refractivity contribution in [2.24, 2.45) is 5.41 Å². The van der Waals surface area contributed by atoms with E-state index in [-0.39, 0.29) is 11.5 Å². The molecule has 0 N–H and O–H groups in total. The van der Waals surface area contributed by atoms with Gasteiger partial charge in [0.05, 0.1) is 24.5 Å². The Morgan fingerprint density at radius 1 is 1.39 bits per heavy atom. The third-order valence-corrected chi connectivity index (χ3v) is 5.33. The van der Waals surface area contributed by atoms with Crippen molar-refractivity contribution in [3.8, 4) is 0 Å². The quantitative estimate of drug-likeness (QED) is 0.834. The molecule has 2 atom stereocenters. The minimum absolute atomic E-state index is 0.139. The molecule has 1 aromatic heterocycles. The fraction of sp³-hybridized carbons (Fsp3) is 0.833. The van der Waals surface area contributed by atoms with Gasteiger partial charge in [0.2, 0.25) is 0 Å². The SMILES string of the molecule is Cc1noc(C)c1CN1CC[C@H]2OCCC[C@]2(COC(C)C)C1. The van der Waals surface area contributed by atoms with E-state index in [1.165, 1.54) is 12.0 Å². The van der Waals surface area contributed by atoms with Crippen LogP contribution in [0.25, 0.3) is 0 Å². The molecule has 0 amide bonds. The number of ether oxygens (including phenoxy) is 2. The molecule has 5 heteroatoms. The lowest BCUT2D eigenvalue weighted by Crippen LogP contribution is -2.56. The number of hydrogen-bond acceptors (Lipinski definition) is 5. The predicted molar refractivity (Wildman–Crippen MR) is 88.4 cm³/mol. The summed E-state index contributed by atoms with van der Waals surface area (Å²) in [5, 5.41) is 4.09. The van der Waals surface area contributed by atoms with Gasteiger partial charge in [-0.1, -0.05) is 5.16 Å². The van der Waals surface area contributed by atoms with Crippen molar-refractivity contribution in [3.63, 3.8) is 0 Å². The topological polar surface area (TPSA) is 47.7 Å². The molecule has 3 heterocycles. The number of rotatable bonds is 5. The van der Waals surface area contributed by atoms with Gasteiger partial charge in [-0.15, -0.1) is 0 Å². The third kappa shape index (κ3) is 3.62. The molecule has 1 aromatic rings. The number of likely N-dealkylation sites (tertiary alicyclic amines) is 1. The van der Waals surface area contributed by atoms with Gasteiger partial charge in [-0.2, -0.15) is 0 Å². The number of fused-ring (bicyclic) bond motifs is 1. The van der Waals surface area contributed by atoms with Gasteiger partial charge in [0.1, 0.15) is 5.76 Å². The fourth-order valence-corrected chi connectivity index (χ4v) is 4.01. The molecule has 0 spiro atoms. The van der Waals surface area contributed by atoms with Gasteiger partial charge in [-0.3, -0.25) is 4.90 Å². The Morgan fingerprint density at radius 2 is 2.22 bits per heavy atom. The average Bonchev–Trinajstić information content (AvgIpc) is 2.85. The van der Waals surface area contributed by atoms with Crippen LogP contribution in [0.1, 0.15) is 50.1 Å². The molecule has 23 heavy (non-hydrogen) atoms. The van der Waals surface area contributed by atoms with Gasteiger partial charge in [-0.05, 0) is 47.0 Å². The summed E-state index contributed by atoms with van der Waals surface area (Å²) in [5.41, 5.74) is 2.39. The number of aromatic nitrogens is 1. The molecule has 2 fully saturated rings. The van der Waals surface area contributed by atoms with Crippen LogP contribution in [0.3, 0.4) is 0 Å². The highest BCUT2D eigenvalue weighted by molar-refractivity contribution is 5.20. The maximum Gasteiger partial charge on any atom is 0.138 e. The Hall–Kier alpha value is -0.910. The van der Waals surface area contributed by atoms with E-state index in [2.05, 4.69) is 23.9 Å². The number of aryl methyl sites for hydroxylation is 2. The van der Waals surface area contributed by atoms with Gasteiger partial charge in [-0.25, -0.2) is 0 Å². The van der Waals surface area contributed by atoms with Crippen LogP contribution in [0.5, 0.6) is 0 Å². The first kappa shape index (κ1) is 16.9. The molecule has 0 saturated carbocycles. The fourth-order valence-electron chi connectivity index (χ4n) is 4.01. The van der Waals surface area contributed by atoms with E-state index >= 15 is 0 Å². The normalized spacial score (nSPS) is 29.0. The highest BCUT2D eigenvalue weighted by Crippen LogP contribution is 2.41. The van der Waals surface area contributed by atoms with E-state index in [9.17, 15) is 0 Å². The van der Waals surface area contributed by atoms with Crippen molar-refractivity contribution >= 4 is 0 Å². The van der Waals surface area contributed by atoms with Gasteiger partial charge in [0.15, 0.2) is 0 Å². The summed E-state index contributed by atoms with van der Waals surface area (Å²) in [6.07, 6.45) is 4.03. The molecule has 0 unspecified atom stereocenters. The first-order valence-corrected chi connectivity index (χ1v) is 8.87. The molecule has 0 aromatic carbocycles. The maximum absolute atomic E-state index is 6.11. The molecule has 0 radical (unpaired) electrons. The molecule has 3 rings (SSSR count). The van der Waals surface area contributed by atoms with Gasteiger partial charge in [0.25, 0.3) is 0 Å². The van der Waals surface area contributed by atoms with Crippen LogP contribution in [0.2, 0.25) is 0 Å². The lowest BCUT2D eigenvalue weighted by molar-refractivity contribution is -0.159. The molecule has 2 saturated heterocycles. The summed E-state index contributed by atoms with van der Waals surface area (Å²) < 4.78 is 17.5. The molecule has 2 aliphatic heterocycles. The lowest BCUT2D eigenvalue weighted by Gasteiger charge is -2.50. The minimum Gasteiger partial charge on any atom is -0.378 e. The second-order valence-electron chi connectivity index (χ2n) is 7.49. The lowest BCUT2D eigenvalue weighted by atomic mass is 9.73. The summed E-state index contributed by atoms with van der Waals surface area (Å²) in [6, 6.07) is 0. The summed E-state index contributed by atoms with van der Waals surface area (Å²) in [4.78, 5) is 2.53. The zero-order valence-electron chi connectivity index (χ0n) is 14.9. The molecule has 0 aliphatic carbocycles. The number of piperidine rings is 1. The standard InChI is InChI=1S/C18H30N2O3/c1-13(2)22-12-18-7-5-9-21-17(18)6-8-20(11-18)10-16-14(3)19-23-15(16)4/h13,17H,5-12H2,1-4H3/t17-,18-/m1/s1. The van der Waals surface area contributed by atoms with Crippen LogP contribution in [0, 0.1) is 19.3 Å². The highest BCUT2D eigenvalue weighted by Gasteiger charge is 2.46. The van der Waals surface area contributed by atoms with Crippen molar-refractivity contribution in [1.29, 1.82) is 0 Å². The average molecular weight is 322 g/mol. The van der Waals surface area contributed by atoms with Gasteiger partial charge >= 0.3 is 0 Å². The van der Waals surface area contributed by atoms with Crippen LogP contribution in [0.4, 0.5) is 0 Å². The Balaban J connectivity index is 1.72. The van der Waals surface area contributed by atoms with E-state index in [1.807, 2.05) is 13.8 Å². The number of nitrogens with zero attached hydrogens (tertiary/aromatic N) is 2. The smallest absolute Gasteiger partial charge is 0.138 e. The summed E-state index contributed by atoms with van der Waals surface area (Å²) in [5.74, 6) is 0.942. The molecular formula is C18H30N2O3. The summed E-state index contributed by atoms with van der Waals surface area (Å²) >= 11 is 0. The van der Waals surface area contributed by atoms with Gasteiger partial charge < -0.3 is 14.0 Å². The van der Waals surface area contributed by atoms with Crippen molar-refractivity contribution in [1.82, 2.24) is 10.1 Å². The van der Waals surface area contributed by atoms with E-state index in [4.69, 9.17) is 14.0 Å². The largest absolute Gasteiger partial charge is 0.378 e. The second-order valence-corrected chi connectivity index (χ2v) is 7.49. The molecule has 2 aliphatic rings. The van der Waals surface area contributed by atoms with Crippen LogP contribution in [-0.2, 0) is 16.0 Å². The van der Waals surface area contributed by atoms with E-state index in [1.54, 1.807) is 0 Å². The van der Waals surface area contributed by atoms with E-state index in [0.29, 0.717) is 6.10 Å². The summed E-state index contributed by atoms with van der Waals surface area (Å²) in [7, 11) is 0. The van der Waals surface area contributed by atoms with Crippen molar-refractivity contribution < 1.29 is 14.0 Å². The van der Waals surface area contributed by atoms with E-state index in [0.717, 1.165) is 57.1 Å². The van der Waals surface area contributed by atoms with Crippen molar-refractivity contribution in [2.75, 3.05) is 26.3 Å². The Kier molecular flexibility index (Phi) is 5.09. The summed E-state index contributed by atoms with van der Waals surface area (Å²) in [6.45, 7) is 13.0. The number of hydrogen-bond donors (Lipinski definition) is 0. The Morgan fingerprint density at radius 3 is 2.91 bits per heavy atom. The van der Waals surface area contributed by atoms with Crippen LogP contribution in [-0.4, -0.2) is 48.6 Å². The molecule has 0 bridgehead atoms. The zero-order valence-corrected chi connectivity index (χ0v) is 14.9. The Bertz CT molecular complexity index is 509. The monoisotopic (exact) mass is 322 g/mol. The Labute approximate surface area is 139 Å². The molecule has 5 nitrogen and oxygen atoms in total. The van der Waals surface area contributed by atoms with Crippen LogP contribution < -0.4 is 0 Å². The zero-order chi connectivity index (χ0) is 16.4. The first-order chi connectivity index (χ1) is 11.0. The van der Waals surface area contributed by atoms with Crippen LogP contribution in [0.15, 0.2) is 4.52 Å². The predicted octanol–water partition coefficient (Wildman–Crippen LogP) is 3.09. The molecular weight excluding hydrogens is 292 g/mol. The van der Waals surface area contributed by atoms with Crippen molar-refractivity contribution in [2.45, 2.75) is 65.7 Å². The van der Waals surface area contributed by atoms with Crippen molar-refractivity contribution in [3.05, 3.63) is 17.0 Å². The molecule has 130 valence electrons. The van der Waals surface area contributed by atoms with E-state index < -0.39 is 0 Å². The highest BCUT2D eigenvalue weighted by atomic mass is 16.5. The first-order valence-electron chi connectivity index (χ1n) is 8.87. The second kappa shape index (κ2) is 6.91. The van der Waals surface area contributed by atoms with Crippen LogP contribution >= 0.6 is 0 Å². The third-order valence-electron chi connectivity index (χ3n) is 5.33. The van der Waals surface area contributed by atoms with Gasteiger partial charge in [0, 0.05) is 37.2 Å². The minimum atomic E-state index is 0.139.